The highest BCUT2D eigenvalue weighted by atomic mass is 32.1. The van der Waals surface area contributed by atoms with E-state index in [1.54, 1.807) is 11.3 Å². The quantitative estimate of drug-likeness (QED) is 0.738. The van der Waals surface area contributed by atoms with Crippen molar-refractivity contribution in [2.24, 2.45) is 0 Å². The first-order chi connectivity index (χ1) is 7.52. The maximum absolute atomic E-state index is 11.9. The number of Topliss-reactive ketones (excluding diaryl/α,β-unsaturated/α-hetero) is 1. The van der Waals surface area contributed by atoms with Crippen LogP contribution in [0.2, 0.25) is 0 Å². The van der Waals surface area contributed by atoms with Gasteiger partial charge in [0.05, 0.1) is 4.88 Å². The molecule has 0 atom stereocenters. The van der Waals surface area contributed by atoms with Crippen LogP contribution in [0.5, 0.6) is 0 Å². The Morgan fingerprint density at radius 3 is 2.31 bits per heavy atom. The minimum absolute atomic E-state index is 0.375. The van der Waals surface area contributed by atoms with Gasteiger partial charge in [-0.2, -0.15) is 0 Å². The van der Waals surface area contributed by atoms with E-state index in [0.717, 1.165) is 24.1 Å². The minimum Gasteiger partial charge on any atom is -0.293 e. The minimum atomic E-state index is 0.375. The lowest BCUT2D eigenvalue weighted by atomic mass is 9.87. The van der Waals surface area contributed by atoms with Crippen LogP contribution in [-0.2, 0) is 6.42 Å². The van der Waals surface area contributed by atoms with Crippen molar-refractivity contribution in [2.45, 2.75) is 58.8 Å². The van der Waals surface area contributed by atoms with E-state index in [2.05, 4.69) is 27.7 Å². The summed E-state index contributed by atoms with van der Waals surface area (Å²) in [4.78, 5) is 14.4. The molecule has 1 nitrogen and oxygen atoms in total. The van der Waals surface area contributed by atoms with Gasteiger partial charge in [0.25, 0.3) is 0 Å². The monoisotopic (exact) mass is 236 g/mol. The molecule has 0 aromatic carbocycles. The Bertz CT molecular complexity index is 413. The number of fused-ring (bicyclic) bond motifs is 1. The third-order valence-corrected chi connectivity index (χ3v) is 4.85. The third-order valence-electron chi connectivity index (χ3n) is 3.26. The predicted octanol–water partition coefficient (Wildman–Crippen LogP) is 4.51. The number of carbonyl (C=O) groups is 1. The van der Waals surface area contributed by atoms with Crippen molar-refractivity contribution in [3.05, 3.63) is 20.9 Å². The average Bonchev–Trinajstić information content (AvgIpc) is 2.58. The summed E-state index contributed by atoms with van der Waals surface area (Å²) in [6.45, 7) is 8.95. The molecule has 0 bridgehead atoms. The first-order valence-electron chi connectivity index (χ1n) is 6.21. The maximum atomic E-state index is 11.9. The van der Waals surface area contributed by atoms with E-state index in [1.165, 1.54) is 16.0 Å². The van der Waals surface area contributed by atoms with Crippen LogP contribution in [0.3, 0.4) is 0 Å². The van der Waals surface area contributed by atoms with Crippen molar-refractivity contribution in [3.8, 4) is 0 Å². The fraction of sp³-hybridized carbons (Fsp3) is 0.643. The Morgan fingerprint density at radius 2 is 1.75 bits per heavy atom. The fourth-order valence-corrected chi connectivity index (χ4v) is 4.05. The zero-order valence-corrected chi connectivity index (χ0v) is 11.4. The standard InChI is InChI=1S/C14H20OS/c1-8(2)12-10-6-5-7-11(15)14(10)16-13(12)9(3)4/h8-9H,5-7H2,1-4H3. The lowest BCUT2D eigenvalue weighted by Crippen LogP contribution is -2.09. The van der Waals surface area contributed by atoms with Crippen molar-refractivity contribution in [2.75, 3.05) is 0 Å². The molecular formula is C14H20OS. The molecule has 1 aliphatic carbocycles. The van der Waals surface area contributed by atoms with Gasteiger partial charge >= 0.3 is 0 Å². The number of ketones is 1. The van der Waals surface area contributed by atoms with Gasteiger partial charge in [-0.05, 0) is 35.8 Å². The molecular weight excluding hydrogens is 216 g/mol. The highest BCUT2D eigenvalue weighted by Crippen LogP contribution is 2.41. The summed E-state index contributed by atoms with van der Waals surface area (Å²) >= 11 is 1.76. The second-order valence-electron chi connectivity index (χ2n) is 5.27. The molecule has 0 saturated heterocycles. The van der Waals surface area contributed by atoms with Crippen LogP contribution in [0, 0.1) is 0 Å². The number of rotatable bonds is 2. The zero-order valence-electron chi connectivity index (χ0n) is 10.6. The number of hydrogen-bond acceptors (Lipinski definition) is 2. The number of thiophene rings is 1. The summed E-state index contributed by atoms with van der Waals surface area (Å²) < 4.78 is 0. The highest BCUT2D eigenvalue weighted by molar-refractivity contribution is 7.14. The van der Waals surface area contributed by atoms with Crippen molar-refractivity contribution < 1.29 is 4.79 Å². The molecule has 0 amide bonds. The van der Waals surface area contributed by atoms with E-state index < -0.39 is 0 Å². The fourth-order valence-electron chi connectivity index (χ4n) is 2.57. The summed E-state index contributed by atoms with van der Waals surface area (Å²) in [5.41, 5.74) is 2.85. The van der Waals surface area contributed by atoms with E-state index >= 15 is 0 Å². The lowest BCUT2D eigenvalue weighted by molar-refractivity contribution is 0.0976. The van der Waals surface area contributed by atoms with E-state index in [4.69, 9.17) is 0 Å². The maximum Gasteiger partial charge on any atom is 0.173 e. The van der Waals surface area contributed by atoms with Gasteiger partial charge in [-0.1, -0.05) is 27.7 Å². The van der Waals surface area contributed by atoms with Gasteiger partial charge in [0.2, 0.25) is 0 Å². The Labute approximate surface area is 102 Å². The summed E-state index contributed by atoms with van der Waals surface area (Å²) in [5.74, 6) is 1.46. The Balaban J connectivity index is 2.60. The molecule has 1 aliphatic rings. The first kappa shape index (κ1) is 11.8. The normalized spacial score (nSPS) is 16.0. The molecule has 1 aromatic heterocycles. The number of carbonyl (C=O) groups excluding carboxylic acids is 1. The molecule has 1 heterocycles. The number of hydrogen-bond donors (Lipinski definition) is 0. The molecule has 0 saturated carbocycles. The molecule has 0 radical (unpaired) electrons. The van der Waals surface area contributed by atoms with Gasteiger partial charge in [-0.25, -0.2) is 0 Å². The molecule has 2 rings (SSSR count). The van der Waals surface area contributed by atoms with Crippen molar-refractivity contribution in [3.63, 3.8) is 0 Å². The molecule has 0 aliphatic heterocycles. The molecule has 0 spiro atoms. The topological polar surface area (TPSA) is 17.1 Å². The van der Waals surface area contributed by atoms with Crippen LogP contribution >= 0.6 is 11.3 Å². The van der Waals surface area contributed by atoms with Crippen LogP contribution in [0.1, 0.15) is 78.0 Å². The summed E-state index contributed by atoms with van der Waals surface area (Å²) in [7, 11) is 0. The van der Waals surface area contributed by atoms with E-state index in [1.807, 2.05) is 0 Å². The van der Waals surface area contributed by atoms with Crippen LogP contribution < -0.4 is 0 Å². The summed E-state index contributed by atoms with van der Waals surface area (Å²) in [6.07, 6.45) is 2.90. The highest BCUT2D eigenvalue weighted by Gasteiger charge is 2.27. The van der Waals surface area contributed by atoms with Crippen LogP contribution in [0.15, 0.2) is 0 Å². The van der Waals surface area contributed by atoms with Gasteiger partial charge in [0.15, 0.2) is 5.78 Å². The molecule has 0 fully saturated rings. The SMILES string of the molecule is CC(C)c1sc2c(c1C(C)C)CCCC2=O. The van der Waals surface area contributed by atoms with Gasteiger partial charge in [0, 0.05) is 11.3 Å². The van der Waals surface area contributed by atoms with Crippen molar-refractivity contribution >= 4 is 17.1 Å². The molecule has 1 aromatic rings. The second-order valence-corrected chi connectivity index (χ2v) is 6.33. The smallest absolute Gasteiger partial charge is 0.173 e. The Morgan fingerprint density at radius 1 is 1.06 bits per heavy atom. The Kier molecular flexibility index (Phi) is 3.20. The molecule has 88 valence electrons. The van der Waals surface area contributed by atoms with Crippen LogP contribution in [0.25, 0.3) is 0 Å². The second kappa shape index (κ2) is 4.33. The van der Waals surface area contributed by atoms with Crippen molar-refractivity contribution in [1.29, 1.82) is 0 Å². The van der Waals surface area contributed by atoms with Gasteiger partial charge in [-0.15, -0.1) is 11.3 Å². The van der Waals surface area contributed by atoms with Crippen LogP contribution in [-0.4, -0.2) is 5.78 Å². The molecule has 16 heavy (non-hydrogen) atoms. The van der Waals surface area contributed by atoms with Crippen molar-refractivity contribution in [1.82, 2.24) is 0 Å². The first-order valence-corrected chi connectivity index (χ1v) is 7.02. The molecule has 2 heteroatoms. The summed E-state index contributed by atoms with van der Waals surface area (Å²) in [6, 6.07) is 0. The zero-order chi connectivity index (χ0) is 11.9. The predicted molar refractivity (Wildman–Crippen MR) is 69.8 cm³/mol. The summed E-state index contributed by atoms with van der Waals surface area (Å²) in [5, 5.41) is 0. The van der Waals surface area contributed by atoms with E-state index in [9.17, 15) is 4.79 Å². The van der Waals surface area contributed by atoms with Gasteiger partial charge < -0.3 is 0 Å². The van der Waals surface area contributed by atoms with Gasteiger partial charge in [-0.3, -0.25) is 4.79 Å². The largest absolute Gasteiger partial charge is 0.293 e. The average molecular weight is 236 g/mol. The third kappa shape index (κ3) is 1.84. The Hall–Kier alpha value is -0.630. The molecule has 0 unspecified atom stereocenters. The van der Waals surface area contributed by atoms with Gasteiger partial charge in [0.1, 0.15) is 0 Å². The molecule has 0 N–H and O–H groups in total. The van der Waals surface area contributed by atoms with Crippen LogP contribution in [0.4, 0.5) is 0 Å². The van der Waals surface area contributed by atoms with E-state index in [-0.39, 0.29) is 0 Å². The van der Waals surface area contributed by atoms with E-state index in [0.29, 0.717) is 17.6 Å². The lowest BCUT2D eigenvalue weighted by Gasteiger charge is -2.15.